The summed E-state index contributed by atoms with van der Waals surface area (Å²) in [4.78, 5) is 14.0. The number of halogens is 2. The third-order valence-electron chi connectivity index (χ3n) is 3.46. The largest absolute Gasteiger partial charge is 0.355 e. The molecule has 2 rings (SSSR count). The molecule has 0 saturated carbocycles. The average Bonchev–Trinajstić information content (AvgIpc) is 2.51. The molecule has 1 N–H and O–H groups in total. The molecule has 0 aliphatic carbocycles. The number of benzene rings is 2. The third-order valence-corrected chi connectivity index (χ3v) is 4.49. The summed E-state index contributed by atoms with van der Waals surface area (Å²) in [5.74, 6) is 0.0357. The maximum atomic E-state index is 12.0. The summed E-state index contributed by atoms with van der Waals surface area (Å²) in [6.45, 7) is 1.73. The van der Waals surface area contributed by atoms with Crippen LogP contribution in [0, 0.1) is 0 Å². The Morgan fingerprint density at radius 2 is 1.87 bits per heavy atom. The van der Waals surface area contributed by atoms with E-state index < -0.39 is 0 Å². The Labute approximate surface area is 150 Å². The minimum atomic E-state index is 0.0357. The van der Waals surface area contributed by atoms with Crippen LogP contribution >= 0.6 is 27.5 Å². The SMILES string of the molecule is CN(CC(=O)NCCc1ccc(Cl)cc1)Cc1ccccc1Br. The summed E-state index contributed by atoms with van der Waals surface area (Å²) < 4.78 is 1.06. The zero-order valence-electron chi connectivity index (χ0n) is 13.1. The normalized spacial score (nSPS) is 10.8. The van der Waals surface area contributed by atoms with E-state index in [1.165, 1.54) is 5.56 Å². The van der Waals surface area contributed by atoms with Gasteiger partial charge in [-0.15, -0.1) is 0 Å². The van der Waals surface area contributed by atoms with Crippen LogP contribution in [0.25, 0.3) is 0 Å². The van der Waals surface area contributed by atoms with Crippen LogP contribution in [0.2, 0.25) is 5.02 Å². The van der Waals surface area contributed by atoms with E-state index in [4.69, 9.17) is 11.6 Å². The number of carbonyl (C=O) groups excluding carboxylic acids is 1. The number of nitrogens with one attached hydrogen (secondary N) is 1. The molecule has 0 saturated heterocycles. The molecule has 0 unspecified atom stereocenters. The van der Waals surface area contributed by atoms with Crippen molar-refractivity contribution in [3.63, 3.8) is 0 Å². The van der Waals surface area contributed by atoms with E-state index in [2.05, 4.69) is 27.3 Å². The molecule has 0 fully saturated rings. The average molecular weight is 396 g/mol. The summed E-state index contributed by atoms with van der Waals surface area (Å²) in [6.07, 6.45) is 0.802. The lowest BCUT2D eigenvalue weighted by molar-refractivity contribution is -0.122. The van der Waals surface area contributed by atoms with Crippen molar-refractivity contribution in [3.8, 4) is 0 Å². The van der Waals surface area contributed by atoms with E-state index in [0.29, 0.717) is 13.1 Å². The number of nitrogens with zero attached hydrogens (tertiary/aromatic N) is 1. The summed E-state index contributed by atoms with van der Waals surface area (Å²) in [6, 6.07) is 15.7. The molecule has 23 heavy (non-hydrogen) atoms. The summed E-state index contributed by atoms with van der Waals surface area (Å²) in [5, 5.41) is 3.68. The molecule has 2 aromatic rings. The van der Waals surface area contributed by atoms with Gasteiger partial charge in [0.05, 0.1) is 6.54 Å². The Morgan fingerprint density at radius 3 is 2.57 bits per heavy atom. The summed E-state index contributed by atoms with van der Waals surface area (Å²) in [7, 11) is 1.94. The molecule has 3 nitrogen and oxygen atoms in total. The van der Waals surface area contributed by atoms with Gasteiger partial charge in [0, 0.05) is 22.6 Å². The molecule has 0 atom stereocenters. The van der Waals surface area contributed by atoms with Crippen molar-refractivity contribution in [1.29, 1.82) is 0 Å². The topological polar surface area (TPSA) is 32.3 Å². The molecule has 0 aliphatic heterocycles. The smallest absolute Gasteiger partial charge is 0.234 e. The molecule has 0 bridgehead atoms. The van der Waals surface area contributed by atoms with Gasteiger partial charge in [-0.1, -0.05) is 57.9 Å². The highest BCUT2D eigenvalue weighted by atomic mass is 79.9. The van der Waals surface area contributed by atoms with Gasteiger partial charge in [0.1, 0.15) is 0 Å². The monoisotopic (exact) mass is 394 g/mol. The fourth-order valence-electron chi connectivity index (χ4n) is 2.27. The number of likely N-dealkylation sites (N-methyl/N-ethyl adjacent to an activating group) is 1. The fourth-order valence-corrected chi connectivity index (χ4v) is 2.81. The quantitative estimate of drug-likeness (QED) is 0.771. The van der Waals surface area contributed by atoms with Crippen molar-refractivity contribution in [2.45, 2.75) is 13.0 Å². The number of amides is 1. The second-order valence-electron chi connectivity index (χ2n) is 5.49. The van der Waals surface area contributed by atoms with Gasteiger partial charge in [-0.25, -0.2) is 0 Å². The number of carbonyl (C=O) groups is 1. The van der Waals surface area contributed by atoms with Crippen LogP contribution in [0.4, 0.5) is 0 Å². The predicted molar refractivity (Wildman–Crippen MR) is 98.6 cm³/mol. The van der Waals surface area contributed by atoms with Crippen molar-refractivity contribution in [1.82, 2.24) is 10.2 Å². The van der Waals surface area contributed by atoms with Gasteiger partial charge in [-0.05, 0) is 42.8 Å². The van der Waals surface area contributed by atoms with Gasteiger partial charge in [0.25, 0.3) is 0 Å². The molecule has 5 heteroatoms. The van der Waals surface area contributed by atoms with E-state index in [9.17, 15) is 4.79 Å². The Morgan fingerprint density at radius 1 is 1.17 bits per heavy atom. The Hall–Kier alpha value is -1.36. The third kappa shape index (κ3) is 6.34. The second-order valence-corrected chi connectivity index (χ2v) is 6.78. The molecule has 0 radical (unpaired) electrons. The van der Waals surface area contributed by atoms with Crippen LogP contribution in [-0.4, -0.2) is 30.9 Å². The second kappa shape index (κ2) is 9.06. The molecule has 0 spiro atoms. The van der Waals surface area contributed by atoms with Gasteiger partial charge >= 0.3 is 0 Å². The van der Waals surface area contributed by atoms with Crippen LogP contribution in [0.1, 0.15) is 11.1 Å². The molecule has 1 amide bonds. The first-order valence-electron chi connectivity index (χ1n) is 7.47. The first-order valence-corrected chi connectivity index (χ1v) is 8.65. The van der Waals surface area contributed by atoms with Gasteiger partial charge < -0.3 is 5.32 Å². The van der Waals surface area contributed by atoms with Crippen LogP contribution < -0.4 is 5.32 Å². The predicted octanol–water partition coefficient (Wildman–Crippen LogP) is 3.89. The maximum Gasteiger partial charge on any atom is 0.234 e. The van der Waals surface area contributed by atoms with E-state index in [1.54, 1.807) is 0 Å². The van der Waals surface area contributed by atoms with Gasteiger partial charge in [-0.3, -0.25) is 9.69 Å². The maximum absolute atomic E-state index is 12.0. The van der Waals surface area contributed by atoms with E-state index in [1.807, 2.05) is 54.4 Å². The van der Waals surface area contributed by atoms with Crippen molar-refractivity contribution >= 4 is 33.4 Å². The molecule has 0 aromatic heterocycles. The van der Waals surface area contributed by atoms with Crippen LogP contribution in [0.5, 0.6) is 0 Å². The first-order chi connectivity index (χ1) is 11.0. The van der Waals surface area contributed by atoms with Crippen molar-refractivity contribution in [3.05, 3.63) is 69.2 Å². The lowest BCUT2D eigenvalue weighted by Crippen LogP contribution is -2.35. The zero-order valence-corrected chi connectivity index (χ0v) is 15.4. The number of rotatable bonds is 7. The summed E-state index contributed by atoms with van der Waals surface area (Å²) in [5.41, 5.74) is 2.33. The van der Waals surface area contributed by atoms with Crippen LogP contribution in [0.3, 0.4) is 0 Å². The Balaban J connectivity index is 1.72. The minimum Gasteiger partial charge on any atom is -0.355 e. The molecule has 122 valence electrons. The van der Waals surface area contributed by atoms with E-state index >= 15 is 0 Å². The highest BCUT2D eigenvalue weighted by Gasteiger charge is 2.08. The Kier molecular flexibility index (Phi) is 7.09. The Bertz CT molecular complexity index is 646. The first kappa shape index (κ1) is 18.0. The minimum absolute atomic E-state index is 0.0357. The van der Waals surface area contributed by atoms with E-state index in [-0.39, 0.29) is 5.91 Å². The van der Waals surface area contributed by atoms with Crippen molar-refractivity contribution < 1.29 is 4.79 Å². The van der Waals surface area contributed by atoms with Crippen LogP contribution in [0.15, 0.2) is 53.0 Å². The number of hydrogen-bond acceptors (Lipinski definition) is 2. The molecule has 2 aromatic carbocycles. The molecular formula is C18H20BrClN2O. The standard InChI is InChI=1S/C18H20BrClN2O/c1-22(12-15-4-2-3-5-17(15)19)13-18(23)21-11-10-14-6-8-16(20)9-7-14/h2-9H,10-13H2,1H3,(H,21,23). The highest BCUT2D eigenvalue weighted by Crippen LogP contribution is 2.17. The van der Waals surface area contributed by atoms with E-state index in [0.717, 1.165) is 28.0 Å². The van der Waals surface area contributed by atoms with Gasteiger partial charge in [-0.2, -0.15) is 0 Å². The lowest BCUT2D eigenvalue weighted by atomic mass is 10.1. The van der Waals surface area contributed by atoms with Crippen molar-refractivity contribution in [2.24, 2.45) is 0 Å². The number of hydrogen-bond donors (Lipinski definition) is 1. The fraction of sp³-hybridized carbons (Fsp3) is 0.278. The van der Waals surface area contributed by atoms with Gasteiger partial charge in [0.15, 0.2) is 0 Å². The van der Waals surface area contributed by atoms with Crippen molar-refractivity contribution in [2.75, 3.05) is 20.1 Å². The van der Waals surface area contributed by atoms with Gasteiger partial charge in [0.2, 0.25) is 5.91 Å². The lowest BCUT2D eigenvalue weighted by Gasteiger charge is -2.17. The molecule has 0 aliphatic rings. The van der Waals surface area contributed by atoms with Crippen LogP contribution in [-0.2, 0) is 17.8 Å². The highest BCUT2D eigenvalue weighted by molar-refractivity contribution is 9.10. The molecule has 0 heterocycles. The zero-order chi connectivity index (χ0) is 16.7. The molecular weight excluding hydrogens is 376 g/mol. The summed E-state index contributed by atoms with van der Waals surface area (Å²) >= 11 is 9.38.